The van der Waals surface area contributed by atoms with Crippen LogP contribution >= 0.6 is 0 Å². The van der Waals surface area contributed by atoms with Crippen molar-refractivity contribution in [2.24, 2.45) is 5.92 Å². The first-order valence-corrected chi connectivity index (χ1v) is 11.1. The highest BCUT2D eigenvalue weighted by molar-refractivity contribution is 6.01. The van der Waals surface area contributed by atoms with Crippen LogP contribution in [-0.2, 0) is 19.7 Å². The van der Waals surface area contributed by atoms with E-state index < -0.39 is 23.9 Å². The van der Waals surface area contributed by atoms with Crippen molar-refractivity contribution in [1.29, 1.82) is 0 Å². The number of Topliss-reactive ketones (excluding diaryl/α,β-unsaturated/α-hetero) is 1. The van der Waals surface area contributed by atoms with E-state index in [2.05, 4.69) is 26.2 Å². The number of benzene rings is 2. The van der Waals surface area contributed by atoms with Gasteiger partial charge in [0.25, 0.3) is 5.91 Å². The summed E-state index contributed by atoms with van der Waals surface area (Å²) in [7, 11) is 0. The number of rotatable bonds is 7. The Labute approximate surface area is 194 Å². The number of ketones is 1. The van der Waals surface area contributed by atoms with Gasteiger partial charge in [-0.15, -0.1) is 0 Å². The SMILES string of the molecule is CCC(OC(=O)C1CC(=O)N(NC(=O)c2ccc(C(C)(C)C)cc2)C1)C(=O)c1ccccc1. The van der Waals surface area contributed by atoms with Crippen molar-refractivity contribution >= 4 is 23.6 Å². The fourth-order valence-corrected chi connectivity index (χ4v) is 3.63. The second kappa shape index (κ2) is 9.98. The van der Waals surface area contributed by atoms with Crippen LogP contribution in [0, 0.1) is 5.92 Å². The largest absolute Gasteiger partial charge is 0.454 e. The zero-order chi connectivity index (χ0) is 24.2. The van der Waals surface area contributed by atoms with Crippen LogP contribution in [0.2, 0.25) is 0 Å². The molecule has 0 spiro atoms. The molecule has 2 atom stereocenters. The van der Waals surface area contributed by atoms with Gasteiger partial charge in [-0.05, 0) is 29.5 Å². The van der Waals surface area contributed by atoms with Gasteiger partial charge in [0, 0.05) is 17.5 Å². The molecule has 7 heteroatoms. The summed E-state index contributed by atoms with van der Waals surface area (Å²) < 4.78 is 5.45. The van der Waals surface area contributed by atoms with Crippen LogP contribution < -0.4 is 5.43 Å². The van der Waals surface area contributed by atoms with E-state index >= 15 is 0 Å². The fourth-order valence-electron chi connectivity index (χ4n) is 3.63. The van der Waals surface area contributed by atoms with E-state index in [9.17, 15) is 19.2 Å². The van der Waals surface area contributed by atoms with Crippen LogP contribution in [0.15, 0.2) is 54.6 Å². The molecule has 33 heavy (non-hydrogen) atoms. The monoisotopic (exact) mass is 450 g/mol. The molecule has 1 heterocycles. The molecule has 2 amide bonds. The van der Waals surface area contributed by atoms with E-state index in [1.165, 1.54) is 0 Å². The summed E-state index contributed by atoms with van der Waals surface area (Å²) in [5.74, 6) is -2.45. The highest BCUT2D eigenvalue weighted by atomic mass is 16.5. The highest BCUT2D eigenvalue weighted by Crippen LogP contribution is 2.23. The van der Waals surface area contributed by atoms with Crippen LogP contribution in [-0.4, -0.2) is 41.2 Å². The molecule has 3 rings (SSSR count). The summed E-state index contributed by atoms with van der Waals surface area (Å²) in [5, 5.41) is 1.14. The molecule has 0 aromatic heterocycles. The third kappa shape index (κ3) is 5.86. The standard InChI is InChI=1S/C26H30N2O5/c1-5-21(23(30)17-9-7-6-8-10-17)33-25(32)19-15-22(29)28(16-19)27-24(31)18-11-13-20(14-12-18)26(2,3)4/h6-14,19,21H,5,15-16H2,1-4H3,(H,27,31). The second-order valence-electron chi connectivity index (χ2n) is 9.24. The molecule has 1 aliphatic heterocycles. The highest BCUT2D eigenvalue weighted by Gasteiger charge is 2.38. The van der Waals surface area contributed by atoms with Crippen LogP contribution in [0.1, 0.15) is 66.8 Å². The molecule has 1 N–H and O–H groups in total. The average molecular weight is 451 g/mol. The Bertz CT molecular complexity index is 1020. The third-order valence-electron chi connectivity index (χ3n) is 5.69. The summed E-state index contributed by atoms with van der Waals surface area (Å²) in [5.41, 5.74) is 4.51. The molecule has 0 bridgehead atoms. The van der Waals surface area contributed by atoms with Gasteiger partial charge >= 0.3 is 5.97 Å². The van der Waals surface area contributed by atoms with E-state index in [0.717, 1.165) is 10.6 Å². The van der Waals surface area contributed by atoms with E-state index in [1.807, 2.05) is 12.1 Å². The molecule has 0 saturated carbocycles. The van der Waals surface area contributed by atoms with E-state index in [-0.39, 0.29) is 30.1 Å². The molecule has 0 radical (unpaired) electrons. The Hall–Kier alpha value is -3.48. The normalized spacial score (nSPS) is 16.9. The summed E-state index contributed by atoms with van der Waals surface area (Å²) >= 11 is 0. The molecule has 2 aromatic rings. The van der Waals surface area contributed by atoms with Crippen molar-refractivity contribution in [3.8, 4) is 0 Å². The Balaban J connectivity index is 1.59. The quantitative estimate of drug-likeness (QED) is 0.513. The first-order valence-electron chi connectivity index (χ1n) is 11.1. The minimum Gasteiger partial charge on any atom is -0.454 e. The Morgan fingerprint density at radius 2 is 1.67 bits per heavy atom. The number of nitrogens with one attached hydrogen (secondary N) is 1. The maximum atomic E-state index is 12.7. The lowest BCUT2D eigenvalue weighted by Crippen LogP contribution is -2.43. The smallest absolute Gasteiger partial charge is 0.312 e. The van der Waals surface area contributed by atoms with Crippen molar-refractivity contribution < 1.29 is 23.9 Å². The molecular formula is C26H30N2O5. The maximum absolute atomic E-state index is 12.7. The van der Waals surface area contributed by atoms with Crippen LogP contribution in [0.3, 0.4) is 0 Å². The topological polar surface area (TPSA) is 92.8 Å². The zero-order valence-electron chi connectivity index (χ0n) is 19.5. The predicted octanol–water partition coefficient (Wildman–Crippen LogP) is 3.68. The number of hydrogen-bond acceptors (Lipinski definition) is 5. The molecule has 0 aliphatic carbocycles. The number of amides is 2. The van der Waals surface area contributed by atoms with Gasteiger partial charge in [-0.3, -0.25) is 29.6 Å². The Kier molecular flexibility index (Phi) is 7.31. The predicted molar refractivity (Wildman–Crippen MR) is 123 cm³/mol. The van der Waals surface area contributed by atoms with Crippen molar-refractivity contribution in [3.05, 3.63) is 71.3 Å². The fraction of sp³-hybridized carbons (Fsp3) is 0.385. The lowest BCUT2D eigenvalue weighted by atomic mass is 9.87. The molecule has 7 nitrogen and oxygen atoms in total. The van der Waals surface area contributed by atoms with E-state index in [0.29, 0.717) is 17.5 Å². The van der Waals surface area contributed by atoms with Crippen molar-refractivity contribution in [1.82, 2.24) is 10.4 Å². The van der Waals surface area contributed by atoms with Gasteiger partial charge in [0.2, 0.25) is 11.7 Å². The van der Waals surface area contributed by atoms with Gasteiger partial charge in [0.15, 0.2) is 6.10 Å². The first-order chi connectivity index (χ1) is 15.6. The number of nitrogens with zero attached hydrogens (tertiary/aromatic N) is 1. The zero-order valence-corrected chi connectivity index (χ0v) is 19.5. The number of carbonyl (C=O) groups excluding carboxylic acids is 4. The summed E-state index contributed by atoms with van der Waals surface area (Å²) in [6, 6.07) is 15.8. The number of ether oxygens (including phenoxy) is 1. The van der Waals surface area contributed by atoms with Gasteiger partial charge in [-0.2, -0.15) is 0 Å². The van der Waals surface area contributed by atoms with E-state index in [1.54, 1.807) is 49.4 Å². The molecule has 1 aliphatic rings. The lowest BCUT2D eigenvalue weighted by molar-refractivity contribution is -0.151. The van der Waals surface area contributed by atoms with Crippen LogP contribution in [0.5, 0.6) is 0 Å². The van der Waals surface area contributed by atoms with Crippen molar-refractivity contribution in [2.45, 2.75) is 52.1 Å². The lowest BCUT2D eigenvalue weighted by Gasteiger charge is -2.20. The van der Waals surface area contributed by atoms with Gasteiger partial charge in [-0.1, -0.05) is 70.2 Å². The van der Waals surface area contributed by atoms with Crippen molar-refractivity contribution in [3.63, 3.8) is 0 Å². The molecule has 2 aromatic carbocycles. The Morgan fingerprint density at radius 1 is 1.03 bits per heavy atom. The number of esters is 1. The second-order valence-corrected chi connectivity index (χ2v) is 9.24. The first kappa shape index (κ1) is 24.2. The van der Waals surface area contributed by atoms with Gasteiger partial charge < -0.3 is 4.74 Å². The molecule has 174 valence electrons. The number of hydrogen-bond donors (Lipinski definition) is 1. The van der Waals surface area contributed by atoms with Gasteiger partial charge in [0.05, 0.1) is 12.5 Å². The number of hydrazine groups is 1. The maximum Gasteiger partial charge on any atom is 0.312 e. The van der Waals surface area contributed by atoms with Crippen LogP contribution in [0.4, 0.5) is 0 Å². The Morgan fingerprint density at radius 3 is 2.24 bits per heavy atom. The molecule has 2 unspecified atom stereocenters. The molecule has 1 saturated heterocycles. The van der Waals surface area contributed by atoms with E-state index in [4.69, 9.17) is 4.74 Å². The molecule has 1 fully saturated rings. The summed E-state index contributed by atoms with van der Waals surface area (Å²) in [4.78, 5) is 50.3. The minimum absolute atomic E-state index is 0.000552. The van der Waals surface area contributed by atoms with Gasteiger partial charge in [-0.25, -0.2) is 0 Å². The third-order valence-corrected chi connectivity index (χ3v) is 5.69. The van der Waals surface area contributed by atoms with Gasteiger partial charge in [0.1, 0.15) is 0 Å². The summed E-state index contributed by atoms with van der Waals surface area (Å²) in [6.07, 6.45) is -0.677. The average Bonchev–Trinajstić information content (AvgIpc) is 3.17. The number of carbonyl (C=O) groups is 4. The van der Waals surface area contributed by atoms with Crippen LogP contribution in [0.25, 0.3) is 0 Å². The summed E-state index contributed by atoms with van der Waals surface area (Å²) in [6.45, 7) is 8.01. The van der Waals surface area contributed by atoms with Crippen molar-refractivity contribution in [2.75, 3.05) is 6.54 Å². The molecular weight excluding hydrogens is 420 g/mol. The minimum atomic E-state index is -0.917.